The summed E-state index contributed by atoms with van der Waals surface area (Å²) in [5, 5.41) is 23.0. The predicted molar refractivity (Wildman–Crippen MR) is 145 cm³/mol. The van der Waals surface area contributed by atoms with E-state index in [0.717, 1.165) is 54.5 Å². The number of ketones is 1. The lowest BCUT2D eigenvalue weighted by atomic mass is 9.88. The van der Waals surface area contributed by atoms with Gasteiger partial charge in [-0.25, -0.2) is 8.42 Å². The summed E-state index contributed by atoms with van der Waals surface area (Å²) in [4.78, 5) is 35.6. The van der Waals surface area contributed by atoms with Crippen molar-refractivity contribution in [1.29, 1.82) is 0 Å². The fraction of sp³-hybridized carbons (Fsp3) is 0.480. The zero-order chi connectivity index (χ0) is 29.9. The number of benzene rings is 2. The van der Waals surface area contributed by atoms with Gasteiger partial charge in [-0.3, -0.25) is 29.2 Å². The van der Waals surface area contributed by atoms with Gasteiger partial charge in [0, 0.05) is 25.1 Å². The maximum Gasteiger partial charge on any atom is 0.304 e. The number of hydrogen-bond acceptors (Lipinski definition) is 11. The third-order valence-corrected chi connectivity index (χ3v) is 10.8. The number of likely N-dealkylation sites (tertiary alicyclic amines) is 1. The van der Waals surface area contributed by atoms with Gasteiger partial charge in [0.2, 0.25) is 0 Å². The molecule has 222 valence electrons. The second-order valence-corrected chi connectivity index (χ2v) is 13.6. The van der Waals surface area contributed by atoms with E-state index < -0.39 is 69.8 Å². The average Bonchev–Trinajstić information content (AvgIpc) is 2.94. The summed E-state index contributed by atoms with van der Waals surface area (Å²) >= 11 is 0. The Bertz CT molecular complexity index is 1540. The number of piperidine rings is 2. The third kappa shape index (κ3) is 6.78. The molecule has 4 rings (SSSR count). The maximum absolute atomic E-state index is 13.9. The Kier molecular flexibility index (Phi) is 9.18. The van der Waals surface area contributed by atoms with Crippen molar-refractivity contribution in [1.82, 2.24) is 9.21 Å². The number of para-hydroxylation sites is 2. The van der Waals surface area contributed by atoms with Gasteiger partial charge in [0.15, 0.2) is 15.6 Å². The molecule has 2 atom stereocenters. The zero-order valence-electron chi connectivity index (χ0n) is 22.2. The largest absolute Gasteiger partial charge is 0.306 e. The molecule has 14 nitrogen and oxygen atoms in total. The van der Waals surface area contributed by atoms with Crippen molar-refractivity contribution in [3.63, 3.8) is 0 Å². The summed E-state index contributed by atoms with van der Waals surface area (Å²) in [6, 6.07) is 8.10. The van der Waals surface area contributed by atoms with Crippen LogP contribution < -0.4 is 0 Å². The Hall–Kier alpha value is -3.31. The van der Waals surface area contributed by atoms with Gasteiger partial charge in [-0.2, -0.15) is 12.7 Å². The minimum absolute atomic E-state index is 0.0351. The lowest BCUT2D eigenvalue weighted by molar-refractivity contribution is -0.388. The van der Waals surface area contributed by atoms with E-state index in [0.29, 0.717) is 0 Å². The van der Waals surface area contributed by atoms with Gasteiger partial charge >= 0.3 is 10.1 Å². The van der Waals surface area contributed by atoms with Gasteiger partial charge in [0.05, 0.1) is 22.0 Å². The summed E-state index contributed by atoms with van der Waals surface area (Å²) in [6.45, 7) is 0.985. The normalized spacial score (nSPS) is 21.4. The van der Waals surface area contributed by atoms with Gasteiger partial charge in [-0.1, -0.05) is 24.3 Å². The molecule has 0 radical (unpaired) electrons. The molecule has 0 N–H and O–H groups in total. The van der Waals surface area contributed by atoms with Gasteiger partial charge in [0.1, 0.15) is 0 Å². The average molecular weight is 611 g/mol. The minimum atomic E-state index is -4.72. The quantitative estimate of drug-likeness (QED) is 0.219. The first kappa shape index (κ1) is 30.6. The molecule has 0 aliphatic carbocycles. The highest BCUT2D eigenvalue weighted by Gasteiger charge is 2.45. The first-order chi connectivity index (χ1) is 19.3. The number of carbonyl (C=O) groups is 1. The van der Waals surface area contributed by atoms with Crippen molar-refractivity contribution in [2.45, 2.75) is 54.0 Å². The molecule has 2 aromatic carbocycles. The number of nitro benzene ring substituents is 2. The van der Waals surface area contributed by atoms with E-state index in [1.54, 1.807) is 0 Å². The summed E-state index contributed by atoms with van der Waals surface area (Å²) in [7, 11) is -7.42. The van der Waals surface area contributed by atoms with Gasteiger partial charge in [0.25, 0.3) is 21.4 Å². The van der Waals surface area contributed by atoms with Gasteiger partial charge in [-0.05, 0) is 63.9 Å². The molecule has 0 bridgehead atoms. The Balaban J connectivity index is 1.66. The molecule has 2 fully saturated rings. The molecule has 2 saturated heterocycles. The van der Waals surface area contributed by atoms with Gasteiger partial charge < -0.3 is 4.90 Å². The lowest BCUT2D eigenvalue weighted by Gasteiger charge is -2.38. The molecule has 0 aromatic heterocycles. The second-order valence-electron chi connectivity index (χ2n) is 10.2. The smallest absolute Gasteiger partial charge is 0.304 e. The van der Waals surface area contributed by atoms with Crippen LogP contribution in [0.5, 0.6) is 0 Å². The molecule has 0 saturated carbocycles. The van der Waals surface area contributed by atoms with Crippen molar-refractivity contribution in [2.75, 3.05) is 26.7 Å². The molecule has 2 heterocycles. The summed E-state index contributed by atoms with van der Waals surface area (Å²) in [5.41, 5.74) is -1.40. The van der Waals surface area contributed by atoms with E-state index in [9.17, 15) is 41.9 Å². The molecular formula is C25H30N4O10S2. The monoisotopic (exact) mass is 610 g/mol. The Morgan fingerprint density at radius 2 is 1.41 bits per heavy atom. The van der Waals surface area contributed by atoms with Crippen LogP contribution in [0.15, 0.2) is 58.3 Å². The Morgan fingerprint density at radius 1 is 0.878 bits per heavy atom. The van der Waals surface area contributed by atoms with Crippen LogP contribution in [0, 0.1) is 26.1 Å². The zero-order valence-corrected chi connectivity index (χ0v) is 23.8. The molecule has 41 heavy (non-hydrogen) atoms. The summed E-state index contributed by atoms with van der Waals surface area (Å²) in [5.74, 6) is -0.316. The number of carbonyl (C=O) groups excluding carboxylic acids is 1. The minimum Gasteiger partial charge on any atom is -0.306 e. The molecular weight excluding hydrogens is 580 g/mol. The van der Waals surface area contributed by atoms with E-state index in [-0.39, 0.29) is 31.0 Å². The Labute approximate surface area is 237 Å². The van der Waals surface area contributed by atoms with Crippen molar-refractivity contribution < 1.29 is 35.7 Å². The van der Waals surface area contributed by atoms with Crippen LogP contribution in [0.25, 0.3) is 0 Å². The highest BCUT2D eigenvalue weighted by Crippen LogP contribution is 2.35. The van der Waals surface area contributed by atoms with Crippen LogP contribution in [0.1, 0.15) is 32.1 Å². The van der Waals surface area contributed by atoms with Crippen molar-refractivity contribution in [2.24, 2.45) is 5.92 Å². The maximum atomic E-state index is 13.9. The highest BCUT2D eigenvalue weighted by atomic mass is 32.2. The SMILES string of the molecule is CN1CCC(CC(=O)[C@@H]2CCC(OS(=O)(=O)c3ccccc3[N+](=O)[O-])CN2S(=O)(=O)c2ccccc2[N+](=O)[O-])CC1. The standard InChI is InChI=1S/C25H30N4O10S2/c1-26-14-12-18(13-15-26)16-23(30)20-11-10-19(39-41(37,38)25-9-5-3-7-22(25)29(33)34)17-27(20)40(35,36)24-8-4-2-6-21(24)28(31)32/h2-9,18-20H,10-17H2,1H3/t19?,20-/m0/s1. The number of hydrogen-bond donors (Lipinski definition) is 0. The first-order valence-corrected chi connectivity index (χ1v) is 15.8. The fourth-order valence-electron chi connectivity index (χ4n) is 5.26. The van der Waals surface area contributed by atoms with Crippen molar-refractivity contribution in [3.8, 4) is 0 Å². The first-order valence-electron chi connectivity index (χ1n) is 12.9. The molecule has 2 aliphatic rings. The lowest BCUT2D eigenvalue weighted by Crippen LogP contribution is -2.53. The van der Waals surface area contributed by atoms with E-state index in [1.807, 2.05) is 7.05 Å². The second kappa shape index (κ2) is 12.3. The van der Waals surface area contributed by atoms with Crippen molar-refractivity contribution in [3.05, 3.63) is 68.8 Å². The molecule has 2 aliphatic heterocycles. The van der Waals surface area contributed by atoms with Crippen molar-refractivity contribution >= 4 is 37.3 Å². The number of nitro groups is 2. The van der Waals surface area contributed by atoms with E-state index in [1.165, 1.54) is 24.3 Å². The summed E-state index contributed by atoms with van der Waals surface area (Å²) in [6.07, 6.45) is 0.193. The summed E-state index contributed by atoms with van der Waals surface area (Å²) < 4.78 is 59.9. The van der Waals surface area contributed by atoms with Crippen LogP contribution in [0.2, 0.25) is 0 Å². The van der Waals surface area contributed by atoms with E-state index >= 15 is 0 Å². The van der Waals surface area contributed by atoms with Crippen LogP contribution >= 0.6 is 0 Å². The Morgan fingerprint density at radius 3 is 2.00 bits per heavy atom. The number of Topliss-reactive ketones (excluding diaryl/α,β-unsaturated/α-hetero) is 1. The van der Waals surface area contributed by atoms with Crippen LogP contribution in [-0.2, 0) is 29.1 Å². The van der Waals surface area contributed by atoms with E-state index in [2.05, 4.69) is 4.90 Å². The highest BCUT2D eigenvalue weighted by molar-refractivity contribution is 7.89. The molecule has 0 spiro atoms. The number of sulfonamides is 1. The molecule has 16 heteroatoms. The number of nitrogens with zero attached hydrogens (tertiary/aromatic N) is 4. The van der Waals surface area contributed by atoms with Gasteiger partial charge in [-0.15, -0.1) is 0 Å². The predicted octanol–water partition coefficient (Wildman–Crippen LogP) is 2.73. The van der Waals surface area contributed by atoms with Crippen LogP contribution in [0.3, 0.4) is 0 Å². The topological polar surface area (TPSA) is 187 Å². The van der Waals surface area contributed by atoms with Crippen LogP contribution in [-0.4, -0.2) is 80.5 Å². The third-order valence-electron chi connectivity index (χ3n) is 7.44. The molecule has 1 unspecified atom stereocenters. The molecule has 0 amide bonds. The number of rotatable bonds is 10. The van der Waals surface area contributed by atoms with Crippen LogP contribution in [0.4, 0.5) is 11.4 Å². The molecule has 2 aromatic rings. The fourth-order valence-corrected chi connectivity index (χ4v) is 8.36. The van der Waals surface area contributed by atoms with E-state index in [4.69, 9.17) is 4.18 Å².